The van der Waals surface area contributed by atoms with Gasteiger partial charge in [-0.2, -0.15) is 5.10 Å². The van der Waals surface area contributed by atoms with E-state index in [0.717, 1.165) is 24.0 Å². The first-order valence-corrected chi connectivity index (χ1v) is 11.9. The summed E-state index contributed by atoms with van der Waals surface area (Å²) in [6.45, 7) is 0. The fourth-order valence-corrected chi connectivity index (χ4v) is 5.28. The normalized spacial score (nSPS) is 11.7. The van der Waals surface area contributed by atoms with Crippen molar-refractivity contribution < 1.29 is 14.3 Å². The second-order valence-corrected chi connectivity index (χ2v) is 9.14. The summed E-state index contributed by atoms with van der Waals surface area (Å²) in [5, 5.41) is 7.03. The van der Waals surface area contributed by atoms with Crippen molar-refractivity contribution in [3.63, 3.8) is 0 Å². The maximum Gasteiger partial charge on any atom is 0.251 e. The monoisotopic (exact) mass is 653 g/mol. The predicted molar refractivity (Wildman–Crippen MR) is 142 cm³/mol. The third-order valence-corrected chi connectivity index (χ3v) is 6.16. The van der Waals surface area contributed by atoms with Crippen molar-refractivity contribution in [2.75, 3.05) is 7.11 Å². The standard InChI is InChI=1S/C24H21I2N3O3/c1-32-23-19(25)12-16(13-20(23)26)15-27-29-22(30)14-21(17-8-4-2-5-9-17)28-24(31)18-10-6-3-7-11-18/h2-13,15,21H,14H2,1H3,(H,28,31)(H,29,30)/b27-15-/t21-/m0/s1. The molecule has 32 heavy (non-hydrogen) atoms. The lowest BCUT2D eigenvalue weighted by atomic mass is 10.0. The second kappa shape index (κ2) is 12.0. The number of hydrazone groups is 1. The predicted octanol–water partition coefficient (Wildman–Crippen LogP) is 4.92. The van der Waals surface area contributed by atoms with Gasteiger partial charge in [-0.1, -0.05) is 48.5 Å². The van der Waals surface area contributed by atoms with Gasteiger partial charge in [-0.3, -0.25) is 9.59 Å². The Morgan fingerprint density at radius 3 is 2.19 bits per heavy atom. The van der Waals surface area contributed by atoms with Crippen molar-refractivity contribution in [3.8, 4) is 5.75 Å². The first-order valence-electron chi connectivity index (χ1n) is 9.73. The highest BCUT2D eigenvalue weighted by Gasteiger charge is 2.19. The fourth-order valence-electron chi connectivity index (χ4n) is 3.03. The van der Waals surface area contributed by atoms with Crippen LogP contribution >= 0.6 is 45.2 Å². The van der Waals surface area contributed by atoms with Crippen LogP contribution in [0.1, 0.15) is 33.9 Å². The number of carbonyl (C=O) groups is 2. The minimum atomic E-state index is -0.484. The second-order valence-electron chi connectivity index (χ2n) is 6.82. The molecule has 0 radical (unpaired) electrons. The minimum Gasteiger partial charge on any atom is -0.495 e. The molecule has 0 saturated carbocycles. The van der Waals surface area contributed by atoms with Crippen LogP contribution in [0.4, 0.5) is 0 Å². The molecule has 0 fully saturated rings. The molecule has 0 saturated heterocycles. The molecule has 8 heteroatoms. The van der Waals surface area contributed by atoms with Crippen molar-refractivity contribution >= 4 is 63.2 Å². The Morgan fingerprint density at radius 1 is 1.00 bits per heavy atom. The molecule has 1 atom stereocenters. The van der Waals surface area contributed by atoms with E-state index >= 15 is 0 Å². The van der Waals surface area contributed by atoms with Crippen LogP contribution in [0.25, 0.3) is 0 Å². The maximum atomic E-state index is 12.6. The summed E-state index contributed by atoms with van der Waals surface area (Å²) in [6.07, 6.45) is 1.64. The van der Waals surface area contributed by atoms with Gasteiger partial charge >= 0.3 is 0 Å². The van der Waals surface area contributed by atoms with E-state index in [0.29, 0.717) is 5.56 Å². The summed E-state index contributed by atoms with van der Waals surface area (Å²) in [4.78, 5) is 25.2. The van der Waals surface area contributed by atoms with Gasteiger partial charge in [-0.15, -0.1) is 0 Å². The Labute approximate surface area is 214 Å². The Bertz CT molecular complexity index is 1080. The molecule has 164 valence electrons. The highest BCUT2D eigenvalue weighted by atomic mass is 127. The largest absolute Gasteiger partial charge is 0.495 e. The molecule has 0 unspecified atom stereocenters. The van der Waals surface area contributed by atoms with Crippen LogP contribution in [-0.2, 0) is 4.79 Å². The Balaban J connectivity index is 1.67. The molecular formula is C24H21I2N3O3. The molecule has 2 amide bonds. The number of carbonyl (C=O) groups excluding carboxylic acids is 2. The van der Waals surface area contributed by atoms with Crippen molar-refractivity contribution in [1.29, 1.82) is 0 Å². The van der Waals surface area contributed by atoms with E-state index in [2.05, 4.69) is 61.0 Å². The smallest absolute Gasteiger partial charge is 0.251 e. The SMILES string of the molecule is COc1c(I)cc(/C=N\NC(=O)C[C@H](NC(=O)c2ccccc2)c2ccccc2)cc1I. The molecule has 3 aromatic rings. The molecule has 3 rings (SSSR count). The third kappa shape index (κ3) is 6.76. The third-order valence-electron chi connectivity index (χ3n) is 4.56. The number of methoxy groups -OCH3 is 1. The van der Waals surface area contributed by atoms with Gasteiger partial charge in [-0.05, 0) is 80.6 Å². The summed E-state index contributed by atoms with van der Waals surface area (Å²) < 4.78 is 7.27. The highest BCUT2D eigenvalue weighted by molar-refractivity contribution is 14.1. The van der Waals surface area contributed by atoms with Crippen LogP contribution in [0.15, 0.2) is 77.9 Å². The molecule has 2 N–H and O–H groups in total. The molecule has 0 spiro atoms. The zero-order valence-electron chi connectivity index (χ0n) is 17.2. The lowest BCUT2D eigenvalue weighted by Gasteiger charge is -2.18. The van der Waals surface area contributed by atoms with E-state index in [1.165, 1.54) is 0 Å². The van der Waals surface area contributed by atoms with E-state index < -0.39 is 6.04 Å². The number of rotatable bonds is 8. The van der Waals surface area contributed by atoms with Gasteiger partial charge in [0, 0.05) is 5.56 Å². The molecular weight excluding hydrogens is 632 g/mol. The van der Waals surface area contributed by atoms with E-state index in [9.17, 15) is 9.59 Å². The number of nitrogens with one attached hydrogen (secondary N) is 2. The number of amides is 2. The van der Waals surface area contributed by atoms with Gasteiger partial charge in [0.15, 0.2) is 0 Å². The zero-order chi connectivity index (χ0) is 22.9. The maximum absolute atomic E-state index is 12.6. The van der Waals surface area contributed by atoms with Crippen LogP contribution in [0.5, 0.6) is 5.75 Å². The molecule has 0 aliphatic rings. The fraction of sp³-hybridized carbons (Fsp3) is 0.125. The Morgan fingerprint density at radius 2 is 1.59 bits per heavy atom. The average Bonchev–Trinajstić information content (AvgIpc) is 2.79. The summed E-state index contributed by atoms with van der Waals surface area (Å²) in [7, 11) is 1.63. The van der Waals surface area contributed by atoms with Gasteiger partial charge in [0.1, 0.15) is 5.75 Å². The molecule has 0 heterocycles. The number of hydrogen-bond donors (Lipinski definition) is 2. The first-order chi connectivity index (χ1) is 15.5. The summed E-state index contributed by atoms with van der Waals surface area (Å²) in [5.74, 6) is 0.270. The van der Waals surface area contributed by atoms with E-state index in [1.807, 2.05) is 48.5 Å². The van der Waals surface area contributed by atoms with Gasteiger partial charge in [0.05, 0.1) is 32.9 Å². The molecule has 6 nitrogen and oxygen atoms in total. The van der Waals surface area contributed by atoms with E-state index in [1.54, 1.807) is 37.6 Å². The highest BCUT2D eigenvalue weighted by Crippen LogP contribution is 2.28. The van der Waals surface area contributed by atoms with E-state index in [-0.39, 0.29) is 18.2 Å². The topological polar surface area (TPSA) is 79.8 Å². The van der Waals surface area contributed by atoms with Gasteiger partial charge in [-0.25, -0.2) is 5.43 Å². The number of hydrogen-bond acceptors (Lipinski definition) is 4. The van der Waals surface area contributed by atoms with Crippen LogP contribution < -0.4 is 15.5 Å². The Kier molecular flexibility index (Phi) is 9.03. The van der Waals surface area contributed by atoms with Crippen molar-refractivity contribution in [2.45, 2.75) is 12.5 Å². The van der Waals surface area contributed by atoms with Gasteiger partial charge in [0.25, 0.3) is 5.91 Å². The lowest BCUT2D eigenvalue weighted by molar-refractivity contribution is -0.121. The van der Waals surface area contributed by atoms with Gasteiger partial charge < -0.3 is 10.1 Å². The molecule has 3 aromatic carbocycles. The number of benzene rings is 3. The average molecular weight is 653 g/mol. The quantitative estimate of drug-likeness (QED) is 0.206. The van der Waals surface area contributed by atoms with Crippen LogP contribution in [0.3, 0.4) is 0 Å². The van der Waals surface area contributed by atoms with Crippen molar-refractivity contribution in [1.82, 2.24) is 10.7 Å². The first kappa shape index (κ1) is 24.2. The van der Waals surface area contributed by atoms with E-state index in [4.69, 9.17) is 4.74 Å². The zero-order valence-corrected chi connectivity index (χ0v) is 21.5. The molecule has 0 aromatic heterocycles. The minimum absolute atomic E-state index is 0.0532. The van der Waals surface area contributed by atoms with Crippen molar-refractivity contribution in [3.05, 3.63) is 96.6 Å². The molecule has 0 bridgehead atoms. The number of ether oxygens (including phenoxy) is 1. The van der Waals surface area contributed by atoms with Crippen LogP contribution in [-0.4, -0.2) is 25.1 Å². The van der Waals surface area contributed by atoms with Crippen molar-refractivity contribution in [2.24, 2.45) is 5.10 Å². The number of nitrogens with zero attached hydrogens (tertiary/aromatic N) is 1. The summed E-state index contributed by atoms with van der Waals surface area (Å²) in [6, 6.07) is 21.7. The molecule has 0 aliphatic carbocycles. The lowest BCUT2D eigenvalue weighted by Crippen LogP contribution is -2.32. The number of halogens is 2. The molecule has 0 aliphatic heterocycles. The van der Waals surface area contributed by atoms with Gasteiger partial charge in [0.2, 0.25) is 5.91 Å². The van der Waals surface area contributed by atoms with Crippen LogP contribution in [0, 0.1) is 7.14 Å². The van der Waals surface area contributed by atoms with Crippen LogP contribution in [0.2, 0.25) is 0 Å². The Hall–Kier alpha value is -2.47. The summed E-state index contributed by atoms with van der Waals surface area (Å²) in [5.41, 5.74) is 4.78. The summed E-state index contributed by atoms with van der Waals surface area (Å²) >= 11 is 4.39.